The minimum atomic E-state index is 0.0667. The number of anilines is 4. The first-order chi connectivity index (χ1) is 9.67. The molecule has 0 bridgehead atoms. The number of rotatable bonds is 3. The zero-order chi connectivity index (χ0) is 14.1. The highest BCUT2D eigenvalue weighted by Gasteiger charge is 2.18. The van der Waals surface area contributed by atoms with Crippen molar-refractivity contribution in [2.45, 2.75) is 6.42 Å². The Hall–Kier alpha value is -2.49. The van der Waals surface area contributed by atoms with Crippen LogP contribution in [0.2, 0.25) is 0 Å². The Morgan fingerprint density at radius 1 is 1.15 bits per heavy atom. The molecule has 2 N–H and O–H groups in total. The van der Waals surface area contributed by atoms with Crippen molar-refractivity contribution in [3.8, 4) is 0 Å². The summed E-state index contributed by atoms with van der Waals surface area (Å²) in [5.74, 6) is 0.0667. The van der Waals surface area contributed by atoms with Crippen molar-refractivity contribution in [2.75, 3.05) is 29.6 Å². The molecule has 20 heavy (non-hydrogen) atoms. The summed E-state index contributed by atoms with van der Waals surface area (Å²) in [6, 6.07) is 14.3. The van der Waals surface area contributed by atoms with Crippen LogP contribution in [0.5, 0.6) is 0 Å². The van der Waals surface area contributed by atoms with Crippen LogP contribution in [-0.2, 0) is 11.2 Å². The van der Waals surface area contributed by atoms with E-state index in [1.165, 1.54) is 0 Å². The fourth-order valence-corrected chi connectivity index (χ4v) is 2.44. The lowest BCUT2D eigenvalue weighted by molar-refractivity contribution is -0.115. The van der Waals surface area contributed by atoms with Crippen LogP contribution in [0, 0.1) is 0 Å². The van der Waals surface area contributed by atoms with E-state index in [-0.39, 0.29) is 5.91 Å². The molecule has 0 radical (unpaired) electrons. The van der Waals surface area contributed by atoms with Crippen molar-refractivity contribution in [3.63, 3.8) is 0 Å². The van der Waals surface area contributed by atoms with Gasteiger partial charge in [-0.2, -0.15) is 0 Å². The van der Waals surface area contributed by atoms with Crippen molar-refractivity contribution in [1.82, 2.24) is 0 Å². The summed E-state index contributed by atoms with van der Waals surface area (Å²) < 4.78 is 0. The van der Waals surface area contributed by atoms with Crippen LogP contribution >= 0.6 is 0 Å². The maximum absolute atomic E-state index is 11.4. The van der Waals surface area contributed by atoms with Crippen LogP contribution in [0.3, 0.4) is 0 Å². The van der Waals surface area contributed by atoms with Crippen molar-refractivity contribution in [1.29, 1.82) is 0 Å². The van der Waals surface area contributed by atoms with Gasteiger partial charge in [0.15, 0.2) is 0 Å². The molecule has 4 nitrogen and oxygen atoms in total. The molecule has 1 aliphatic rings. The van der Waals surface area contributed by atoms with E-state index >= 15 is 0 Å². The van der Waals surface area contributed by atoms with Gasteiger partial charge in [-0.05, 0) is 42.0 Å². The van der Waals surface area contributed by atoms with Crippen molar-refractivity contribution >= 4 is 28.7 Å². The largest absolute Gasteiger partial charge is 0.388 e. The first-order valence-corrected chi connectivity index (χ1v) is 6.62. The molecule has 0 aliphatic carbocycles. The zero-order valence-corrected chi connectivity index (χ0v) is 11.6. The SMILES string of the molecule is CNc1cccc(N(C)c2ccc3c(c2)CC(=O)N3)c1. The average molecular weight is 267 g/mol. The summed E-state index contributed by atoms with van der Waals surface area (Å²) in [6.45, 7) is 0. The lowest BCUT2D eigenvalue weighted by Gasteiger charge is -2.21. The fourth-order valence-electron chi connectivity index (χ4n) is 2.44. The molecule has 0 unspecified atom stereocenters. The monoisotopic (exact) mass is 267 g/mol. The number of benzene rings is 2. The first kappa shape index (κ1) is 12.5. The van der Waals surface area contributed by atoms with Gasteiger partial charge in [-0.25, -0.2) is 0 Å². The van der Waals surface area contributed by atoms with Crippen LogP contribution < -0.4 is 15.5 Å². The molecule has 0 aromatic heterocycles. The molecule has 0 spiro atoms. The standard InChI is InChI=1S/C16H17N3O/c1-17-12-4-3-5-13(10-12)19(2)14-6-7-15-11(8-14)9-16(20)18-15/h3-8,10,17H,9H2,1-2H3,(H,18,20). The number of hydrogen-bond acceptors (Lipinski definition) is 3. The third-order valence-electron chi connectivity index (χ3n) is 3.62. The van der Waals surface area contributed by atoms with E-state index in [9.17, 15) is 4.79 Å². The second-order valence-corrected chi connectivity index (χ2v) is 4.93. The summed E-state index contributed by atoms with van der Waals surface area (Å²) in [5.41, 5.74) is 5.25. The highest BCUT2D eigenvalue weighted by atomic mass is 16.1. The predicted octanol–water partition coefficient (Wildman–Crippen LogP) is 2.99. The molecule has 4 heteroatoms. The van der Waals surface area contributed by atoms with Crippen molar-refractivity contribution in [2.24, 2.45) is 0 Å². The quantitative estimate of drug-likeness (QED) is 0.898. The number of amides is 1. The predicted molar refractivity (Wildman–Crippen MR) is 82.8 cm³/mol. The van der Waals surface area contributed by atoms with Crippen molar-refractivity contribution in [3.05, 3.63) is 48.0 Å². The second-order valence-electron chi connectivity index (χ2n) is 4.93. The van der Waals surface area contributed by atoms with Gasteiger partial charge in [0, 0.05) is 36.8 Å². The first-order valence-electron chi connectivity index (χ1n) is 6.62. The molecular formula is C16H17N3O. The van der Waals surface area contributed by atoms with Gasteiger partial charge in [0.2, 0.25) is 5.91 Å². The highest BCUT2D eigenvalue weighted by molar-refractivity contribution is 5.99. The molecule has 1 aliphatic heterocycles. The van der Waals surface area contributed by atoms with Gasteiger partial charge in [0.25, 0.3) is 0 Å². The van der Waals surface area contributed by atoms with E-state index in [4.69, 9.17) is 0 Å². The van der Waals surface area contributed by atoms with E-state index < -0.39 is 0 Å². The maximum Gasteiger partial charge on any atom is 0.228 e. The molecule has 3 rings (SSSR count). The van der Waals surface area contributed by atoms with Crippen LogP contribution in [-0.4, -0.2) is 20.0 Å². The summed E-state index contributed by atoms with van der Waals surface area (Å²) >= 11 is 0. The maximum atomic E-state index is 11.4. The molecule has 0 atom stereocenters. The molecule has 0 saturated carbocycles. The van der Waals surface area contributed by atoms with Crippen LogP contribution in [0.1, 0.15) is 5.56 Å². The Balaban J connectivity index is 1.92. The van der Waals surface area contributed by atoms with Gasteiger partial charge in [0.05, 0.1) is 6.42 Å². The summed E-state index contributed by atoms with van der Waals surface area (Å²) in [5, 5.41) is 5.99. The fraction of sp³-hybridized carbons (Fsp3) is 0.188. The Morgan fingerprint density at radius 3 is 2.75 bits per heavy atom. The van der Waals surface area contributed by atoms with Crippen LogP contribution in [0.25, 0.3) is 0 Å². The van der Waals surface area contributed by atoms with Crippen LogP contribution in [0.15, 0.2) is 42.5 Å². The molecule has 2 aromatic rings. The van der Waals surface area contributed by atoms with E-state index in [1.807, 2.05) is 38.4 Å². The van der Waals surface area contributed by atoms with Crippen LogP contribution in [0.4, 0.5) is 22.7 Å². The summed E-state index contributed by atoms with van der Waals surface area (Å²) in [4.78, 5) is 13.5. The van der Waals surface area contributed by atoms with E-state index in [0.717, 1.165) is 28.3 Å². The normalized spacial score (nSPS) is 12.8. The topological polar surface area (TPSA) is 44.4 Å². The second kappa shape index (κ2) is 4.89. The average Bonchev–Trinajstić information content (AvgIpc) is 2.85. The summed E-state index contributed by atoms with van der Waals surface area (Å²) in [6.07, 6.45) is 0.466. The van der Waals surface area contributed by atoms with Gasteiger partial charge in [0.1, 0.15) is 0 Å². The van der Waals surface area contributed by atoms with E-state index in [0.29, 0.717) is 6.42 Å². The molecule has 0 fully saturated rings. The zero-order valence-electron chi connectivity index (χ0n) is 11.6. The Kier molecular flexibility index (Phi) is 3.06. The lowest BCUT2D eigenvalue weighted by atomic mass is 10.1. The minimum absolute atomic E-state index is 0.0667. The Bertz CT molecular complexity index is 667. The number of nitrogens with zero attached hydrogens (tertiary/aromatic N) is 1. The third-order valence-corrected chi connectivity index (χ3v) is 3.62. The third kappa shape index (κ3) is 2.20. The lowest BCUT2D eigenvalue weighted by Crippen LogP contribution is -2.09. The molecule has 0 saturated heterocycles. The molecule has 1 amide bonds. The Labute approximate surface area is 118 Å². The van der Waals surface area contributed by atoms with Gasteiger partial charge >= 0.3 is 0 Å². The van der Waals surface area contributed by atoms with Gasteiger partial charge < -0.3 is 15.5 Å². The minimum Gasteiger partial charge on any atom is -0.388 e. The molecule has 1 heterocycles. The molecule has 2 aromatic carbocycles. The number of nitrogens with one attached hydrogen (secondary N) is 2. The van der Waals surface area contributed by atoms with Gasteiger partial charge in [-0.3, -0.25) is 4.79 Å². The van der Waals surface area contributed by atoms with Gasteiger partial charge in [-0.1, -0.05) is 6.07 Å². The summed E-state index contributed by atoms with van der Waals surface area (Å²) in [7, 11) is 3.94. The number of carbonyl (C=O) groups is 1. The molecule has 102 valence electrons. The number of carbonyl (C=O) groups excluding carboxylic acids is 1. The highest BCUT2D eigenvalue weighted by Crippen LogP contribution is 2.31. The van der Waals surface area contributed by atoms with Crippen molar-refractivity contribution < 1.29 is 4.79 Å². The Morgan fingerprint density at radius 2 is 1.95 bits per heavy atom. The molecular weight excluding hydrogens is 250 g/mol. The van der Waals surface area contributed by atoms with Gasteiger partial charge in [-0.15, -0.1) is 0 Å². The number of hydrogen-bond donors (Lipinski definition) is 2. The number of fused-ring (bicyclic) bond motifs is 1. The van der Waals surface area contributed by atoms with E-state index in [1.54, 1.807) is 0 Å². The van der Waals surface area contributed by atoms with E-state index in [2.05, 4.69) is 33.7 Å². The smallest absolute Gasteiger partial charge is 0.228 e.